The summed E-state index contributed by atoms with van der Waals surface area (Å²) in [4.78, 5) is 0. The summed E-state index contributed by atoms with van der Waals surface area (Å²) >= 11 is 0. The van der Waals surface area contributed by atoms with Gasteiger partial charge in [-0.3, -0.25) is 0 Å². The molecule has 0 amide bonds. The molecule has 1 rings (SSSR count). The van der Waals surface area contributed by atoms with Gasteiger partial charge in [-0.1, -0.05) is 53.4 Å². The molecular weight excluding hydrogens is 170 g/mol. The van der Waals surface area contributed by atoms with Gasteiger partial charge in [0.1, 0.15) is 0 Å². The molecule has 0 saturated heterocycles. The maximum Gasteiger partial charge on any atom is 0.0624 e. The lowest BCUT2D eigenvalue weighted by Crippen LogP contribution is -2.17. The van der Waals surface area contributed by atoms with E-state index in [1.54, 1.807) is 0 Å². The van der Waals surface area contributed by atoms with E-state index in [9.17, 15) is 0 Å². The topological polar surface area (TPSA) is 23.8 Å². The Bertz CT molecular complexity index is 161. The first kappa shape index (κ1) is 13.5. The molecule has 0 N–H and O–H groups in total. The van der Waals surface area contributed by atoms with E-state index in [1.165, 1.54) is 25.7 Å². The molecule has 1 aliphatic carbocycles. The molecule has 0 aromatic heterocycles. The van der Waals surface area contributed by atoms with Gasteiger partial charge in [-0.25, -0.2) is 0 Å². The van der Waals surface area contributed by atoms with Crippen molar-refractivity contribution in [3.8, 4) is 6.07 Å². The van der Waals surface area contributed by atoms with E-state index < -0.39 is 0 Å². The van der Waals surface area contributed by atoms with Crippen LogP contribution in [0.1, 0.15) is 59.8 Å². The molecule has 0 aromatic rings. The van der Waals surface area contributed by atoms with Crippen molar-refractivity contribution in [2.75, 3.05) is 0 Å². The lowest BCUT2D eigenvalue weighted by Gasteiger charge is -2.24. The fraction of sp³-hybridized carbons (Fsp3) is 0.923. The third kappa shape index (κ3) is 4.13. The average Bonchev–Trinajstić information content (AvgIpc) is 2.69. The van der Waals surface area contributed by atoms with Gasteiger partial charge in [0.05, 0.1) is 6.07 Å². The maximum absolute atomic E-state index is 8.70. The quantitative estimate of drug-likeness (QED) is 0.655. The third-order valence-corrected chi connectivity index (χ3v) is 3.19. The zero-order chi connectivity index (χ0) is 11.0. The van der Waals surface area contributed by atoms with Gasteiger partial charge in [0.15, 0.2) is 0 Å². The van der Waals surface area contributed by atoms with Crippen LogP contribution in [0.15, 0.2) is 0 Å². The summed E-state index contributed by atoms with van der Waals surface area (Å²) in [6, 6.07) is 2.33. The zero-order valence-electron chi connectivity index (χ0n) is 10.2. The van der Waals surface area contributed by atoms with Gasteiger partial charge in [-0.05, 0) is 17.8 Å². The van der Waals surface area contributed by atoms with E-state index in [4.69, 9.17) is 5.26 Å². The first-order valence-electron chi connectivity index (χ1n) is 6.12. The Morgan fingerprint density at radius 2 is 1.71 bits per heavy atom. The Morgan fingerprint density at radius 1 is 1.21 bits per heavy atom. The zero-order valence-corrected chi connectivity index (χ0v) is 10.2. The molecule has 1 saturated carbocycles. The molecule has 14 heavy (non-hydrogen) atoms. The molecule has 82 valence electrons. The molecule has 1 fully saturated rings. The van der Waals surface area contributed by atoms with Crippen LogP contribution in [0.4, 0.5) is 0 Å². The molecule has 1 aliphatic rings. The van der Waals surface area contributed by atoms with Gasteiger partial charge in [-0.15, -0.1) is 0 Å². The summed E-state index contributed by atoms with van der Waals surface area (Å²) in [6.07, 6.45) is 6.27. The van der Waals surface area contributed by atoms with Crippen molar-refractivity contribution < 1.29 is 0 Å². The van der Waals surface area contributed by atoms with Crippen LogP contribution in [0.2, 0.25) is 0 Å². The molecular formula is C13H25N. The second kappa shape index (κ2) is 7.85. The number of nitrogens with zero attached hydrogens (tertiary/aromatic N) is 1. The lowest BCUT2D eigenvalue weighted by molar-refractivity contribution is 0.262. The fourth-order valence-electron chi connectivity index (χ4n) is 2.44. The Hall–Kier alpha value is -0.510. The van der Waals surface area contributed by atoms with Crippen LogP contribution in [-0.2, 0) is 0 Å². The van der Waals surface area contributed by atoms with Gasteiger partial charge < -0.3 is 0 Å². The summed E-state index contributed by atoms with van der Waals surface area (Å²) in [5, 5.41) is 8.70. The van der Waals surface area contributed by atoms with E-state index in [0.29, 0.717) is 11.8 Å². The molecule has 1 heteroatoms. The van der Waals surface area contributed by atoms with Crippen LogP contribution < -0.4 is 0 Å². The van der Waals surface area contributed by atoms with E-state index >= 15 is 0 Å². The minimum atomic E-state index is 0.664. The van der Waals surface area contributed by atoms with E-state index in [1.807, 2.05) is 13.8 Å². The number of hydrogen-bond acceptors (Lipinski definition) is 1. The summed E-state index contributed by atoms with van der Waals surface area (Å²) in [7, 11) is 0. The fourth-order valence-corrected chi connectivity index (χ4v) is 2.44. The van der Waals surface area contributed by atoms with Crippen LogP contribution >= 0.6 is 0 Å². The standard InChI is InChI=1S/C11H19N.C2H6/c1-9(2)11(7-8-12)10-5-3-4-6-10;1-2/h9-11H,3-7H2,1-2H3;1-2H3. The van der Waals surface area contributed by atoms with Crippen molar-refractivity contribution in [2.24, 2.45) is 17.8 Å². The van der Waals surface area contributed by atoms with Crippen molar-refractivity contribution >= 4 is 0 Å². The second-order valence-electron chi connectivity index (χ2n) is 4.31. The van der Waals surface area contributed by atoms with Crippen molar-refractivity contribution in [3.63, 3.8) is 0 Å². The molecule has 0 aliphatic heterocycles. The predicted octanol–water partition coefficient (Wildman–Crippen LogP) is 4.39. The number of rotatable bonds is 3. The van der Waals surface area contributed by atoms with Gasteiger partial charge in [-0.2, -0.15) is 5.26 Å². The molecule has 0 radical (unpaired) electrons. The number of nitriles is 1. The minimum Gasteiger partial charge on any atom is -0.198 e. The normalized spacial score (nSPS) is 18.6. The van der Waals surface area contributed by atoms with Crippen LogP contribution in [0.25, 0.3) is 0 Å². The molecule has 1 atom stereocenters. The SMILES string of the molecule is CC.CC(C)C(CC#N)C1CCCC1. The van der Waals surface area contributed by atoms with E-state index in [0.717, 1.165) is 12.3 Å². The first-order chi connectivity index (χ1) is 6.75. The minimum absolute atomic E-state index is 0.664. The smallest absolute Gasteiger partial charge is 0.0624 e. The van der Waals surface area contributed by atoms with Crippen LogP contribution in [0.5, 0.6) is 0 Å². The summed E-state index contributed by atoms with van der Waals surface area (Å²) in [6.45, 7) is 8.50. The largest absolute Gasteiger partial charge is 0.198 e. The summed E-state index contributed by atoms with van der Waals surface area (Å²) in [5.41, 5.74) is 0. The molecule has 1 nitrogen and oxygen atoms in total. The Morgan fingerprint density at radius 3 is 2.07 bits per heavy atom. The second-order valence-corrected chi connectivity index (χ2v) is 4.31. The Kier molecular flexibility index (Phi) is 7.57. The summed E-state index contributed by atoms with van der Waals surface area (Å²) < 4.78 is 0. The van der Waals surface area contributed by atoms with Gasteiger partial charge in [0, 0.05) is 6.42 Å². The Labute approximate surface area is 89.5 Å². The highest BCUT2D eigenvalue weighted by atomic mass is 14.3. The van der Waals surface area contributed by atoms with E-state index in [-0.39, 0.29) is 0 Å². The van der Waals surface area contributed by atoms with Crippen molar-refractivity contribution in [2.45, 2.75) is 59.8 Å². The Balaban J connectivity index is 0.000000791. The van der Waals surface area contributed by atoms with Crippen molar-refractivity contribution in [1.82, 2.24) is 0 Å². The highest BCUT2D eigenvalue weighted by Crippen LogP contribution is 2.36. The van der Waals surface area contributed by atoms with Crippen LogP contribution in [-0.4, -0.2) is 0 Å². The molecule has 0 heterocycles. The van der Waals surface area contributed by atoms with Gasteiger partial charge in [0.2, 0.25) is 0 Å². The van der Waals surface area contributed by atoms with Gasteiger partial charge >= 0.3 is 0 Å². The van der Waals surface area contributed by atoms with E-state index in [2.05, 4.69) is 19.9 Å². The number of hydrogen-bond donors (Lipinski definition) is 0. The maximum atomic E-state index is 8.70. The first-order valence-corrected chi connectivity index (χ1v) is 6.12. The van der Waals surface area contributed by atoms with Crippen molar-refractivity contribution in [3.05, 3.63) is 0 Å². The third-order valence-electron chi connectivity index (χ3n) is 3.19. The molecule has 0 bridgehead atoms. The molecule has 1 unspecified atom stereocenters. The average molecular weight is 195 g/mol. The molecule has 0 aromatic carbocycles. The van der Waals surface area contributed by atoms with Crippen LogP contribution in [0, 0.1) is 29.1 Å². The highest BCUT2D eigenvalue weighted by molar-refractivity contribution is 4.84. The van der Waals surface area contributed by atoms with Crippen LogP contribution in [0.3, 0.4) is 0 Å². The van der Waals surface area contributed by atoms with Crippen molar-refractivity contribution in [1.29, 1.82) is 5.26 Å². The van der Waals surface area contributed by atoms with Gasteiger partial charge in [0.25, 0.3) is 0 Å². The predicted molar refractivity (Wildman–Crippen MR) is 61.9 cm³/mol. The monoisotopic (exact) mass is 195 g/mol. The highest BCUT2D eigenvalue weighted by Gasteiger charge is 2.26. The molecule has 0 spiro atoms. The lowest BCUT2D eigenvalue weighted by atomic mass is 9.80. The summed E-state index contributed by atoms with van der Waals surface area (Å²) in [5.74, 6) is 2.20.